The predicted molar refractivity (Wildman–Crippen MR) is 128 cm³/mol. The first kappa shape index (κ1) is 25.2. The van der Waals surface area contributed by atoms with Gasteiger partial charge in [0.2, 0.25) is 0 Å². The van der Waals surface area contributed by atoms with Crippen LogP contribution in [0.2, 0.25) is 10.0 Å². The number of quaternary nitrogens is 1. The van der Waals surface area contributed by atoms with Crippen LogP contribution >= 0.6 is 23.2 Å². The maximum atomic E-state index is 12.9. The van der Waals surface area contributed by atoms with Gasteiger partial charge in [-0.2, -0.15) is 9.37 Å². The van der Waals surface area contributed by atoms with Crippen LogP contribution in [0.5, 0.6) is 0 Å². The summed E-state index contributed by atoms with van der Waals surface area (Å²) in [5.74, 6) is -0.126. The van der Waals surface area contributed by atoms with Crippen molar-refractivity contribution in [3.8, 4) is 0 Å². The van der Waals surface area contributed by atoms with E-state index in [-0.39, 0.29) is 28.9 Å². The Labute approximate surface area is 201 Å². The van der Waals surface area contributed by atoms with E-state index in [9.17, 15) is 9.59 Å². The number of amides is 2. The highest BCUT2D eigenvalue weighted by Crippen LogP contribution is 2.32. The number of likely N-dealkylation sites (tertiary alicyclic amines) is 1. The highest BCUT2D eigenvalue weighted by molar-refractivity contribution is 6.42. The lowest BCUT2D eigenvalue weighted by atomic mass is 9.88. The van der Waals surface area contributed by atoms with Crippen molar-refractivity contribution in [1.29, 1.82) is 0 Å². The van der Waals surface area contributed by atoms with Gasteiger partial charge in [-0.3, -0.25) is 0 Å². The molecule has 3 atom stereocenters. The third kappa shape index (κ3) is 5.90. The van der Waals surface area contributed by atoms with Gasteiger partial charge in [0.1, 0.15) is 19.3 Å². The first-order valence-corrected chi connectivity index (χ1v) is 12.2. The fraction of sp³-hybridized carbons (Fsp3) is 0.625. The standard InChI is InChI=1S/C24H35Cl2N3O3/c1-27(23(30)16-18-9-10-21(25)22(26)15-18)13-14-29(2,24(31)32-3)20-8-6-7-19(17-20)28-11-4-5-12-28/h9-10,15,19-20H,1,4-8,11-14,16-17H2,2-3H3/q+2. The maximum absolute atomic E-state index is 12.9. The maximum Gasteiger partial charge on any atom is 0.515 e. The van der Waals surface area contributed by atoms with Gasteiger partial charge in [0, 0.05) is 18.9 Å². The summed E-state index contributed by atoms with van der Waals surface area (Å²) in [7, 11) is 3.39. The van der Waals surface area contributed by atoms with Crippen molar-refractivity contribution in [3.05, 3.63) is 33.8 Å². The summed E-state index contributed by atoms with van der Waals surface area (Å²) in [6.07, 6.45) is 6.75. The second kappa shape index (κ2) is 11.1. The van der Waals surface area contributed by atoms with Gasteiger partial charge in [-0.1, -0.05) is 29.3 Å². The minimum absolute atomic E-state index is 0.126. The molecule has 1 saturated carbocycles. The van der Waals surface area contributed by atoms with Crippen LogP contribution in [-0.2, 0) is 16.0 Å². The number of hydrogen-bond acceptors (Lipinski definition) is 4. The Kier molecular flexibility index (Phi) is 8.73. The number of rotatable bonds is 7. The summed E-state index contributed by atoms with van der Waals surface area (Å²) in [6.45, 7) is 7.11. The molecule has 0 aromatic heterocycles. The third-order valence-corrected chi connectivity index (χ3v) is 7.94. The van der Waals surface area contributed by atoms with E-state index < -0.39 is 0 Å². The topological polar surface area (TPSA) is 49.6 Å². The third-order valence-electron chi connectivity index (χ3n) is 7.20. The van der Waals surface area contributed by atoms with Gasteiger partial charge in [0.05, 0.1) is 30.6 Å². The van der Waals surface area contributed by atoms with E-state index in [0.29, 0.717) is 29.2 Å². The van der Waals surface area contributed by atoms with E-state index in [1.165, 1.54) is 30.9 Å². The number of methoxy groups -OCH3 is 1. The van der Waals surface area contributed by atoms with Crippen molar-refractivity contribution < 1.29 is 23.4 Å². The second-order valence-corrected chi connectivity index (χ2v) is 10.1. The van der Waals surface area contributed by atoms with Crippen molar-refractivity contribution >= 4 is 41.9 Å². The van der Waals surface area contributed by atoms with E-state index in [4.69, 9.17) is 27.9 Å². The molecule has 2 aliphatic rings. The SMILES string of the molecule is C=[N+](CC[N+](C)(C(=O)OC)C1CCCC(N2CCCC2)C1)C(=O)Cc1ccc(Cl)c(Cl)c1. The number of benzene rings is 1. The number of nitrogens with zero attached hydrogens (tertiary/aromatic N) is 3. The fourth-order valence-electron chi connectivity index (χ4n) is 5.12. The molecule has 8 heteroatoms. The summed E-state index contributed by atoms with van der Waals surface area (Å²) >= 11 is 12.0. The van der Waals surface area contributed by atoms with E-state index >= 15 is 0 Å². The monoisotopic (exact) mass is 483 g/mol. The lowest BCUT2D eigenvalue weighted by Gasteiger charge is -2.42. The average Bonchev–Trinajstić information content (AvgIpc) is 3.34. The van der Waals surface area contributed by atoms with Gasteiger partial charge >= 0.3 is 12.0 Å². The normalized spacial score (nSPS) is 23.5. The first-order valence-electron chi connectivity index (χ1n) is 11.5. The van der Waals surface area contributed by atoms with Crippen LogP contribution in [0.3, 0.4) is 0 Å². The van der Waals surface area contributed by atoms with Gasteiger partial charge in [-0.15, -0.1) is 0 Å². The van der Waals surface area contributed by atoms with Gasteiger partial charge in [0.25, 0.3) is 0 Å². The van der Waals surface area contributed by atoms with Crippen LogP contribution in [0.25, 0.3) is 0 Å². The van der Waals surface area contributed by atoms with Crippen LogP contribution in [0.4, 0.5) is 4.79 Å². The second-order valence-electron chi connectivity index (χ2n) is 9.26. The van der Waals surface area contributed by atoms with Crippen molar-refractivity contribution in [1.82, 2.24) is 4.90 Å². The highest BCUT2D eigenvalue weighted by atomic mass is 35.5. The molecule has 3 rings (SSSR count). The Morgan fingerprint density at radius 2 is 1.91 bits per heavy atom. The molecule has 0 spiro atoms. The van der Waals surface area contributed by atoms with Crippen LogP contribution in [-0.4, -0.2) is 85.1 Å². The van der Waals surface area contributed by atoms with E-state index in [0.717, 1.165) is 37.9 Å². The minimum atomic E-state index is -0.248. The Hall–Kier alpha value is -1.47. The lowest BCUT2D eigenvalue weighted by Crippen LogP contribution is -2.61. The van der Waals surface area contributed by atoms with Crippen LogP contribution in [0.15, 0.2) is 18.2 Å². The Morgan fingerprint density at radius 1 is 1.19 bits per heavy atom. The molecule has 0 bridgehead atoms. The Bertz CT molecular complexity index is 857. The molecule has 0 N–H and O–H groups in total. The molecular formula is C24H35Cl2N3O3+2. The highest BCUT2D eigenvalue weighted by Gasteiger charge is 2.46. The van der Waals surface area contributed by atoms with Gasteiger partial charge in [-0.05, 0) is 56.5 Å². The molecule has 3 unspecified atom stereocenters. The Balaban J connectivity index is 1.63. The molecule has 1 aliphatic carbocycles. The molecule has 1 aliphatic heterocycles. The number of halogens is 2. The van der Waals surface area contributed by atoms with E-state index in [1.807, 2.05) is 7.05 Å². The van der Waals surface area contributed by atoms with Crippen molar-refractivity contribution in [2.75, 3.05) is 40.3 Å². The molecule has 1 aromatic carbocycles. The zero-order chi connectivity index (χ0) is 23.3. The number of carbonyl (C=O) groups excluding carboxylic acids is 2. The molecule has 1 aromatic rings. The molecule has 176 valence electrons. The van der Waals surface area contributed by atoms with Gasteiger partial charge < -0.3 is 9.64 Å². The molecule has 0 radical (unpaired) electrons. The van der Waals surface area contributed by atoms with Gasteiger partial charge in [-0.25, -0.2) is 9.28 Å². The molecule has 1 heterocycles. The first-order chi connectivity index (χ1) is 15.2. The Morgan fingerprint density at radius 3 is 2.56 bits per heavy atom. The van der Waals surface area contributed by atoms with Crippen LogP contribution < -0.4 is 0 Å². The fourth-order valence-corrected chi connectivity index (χ4v) is 5.44. The van der Waals surface area contributed by atoms with E-state index in [1.54, 1.807) is 18.2 Å². The van der Waals surface area contributed by atoms with Crippen molar-refractivity contribution in [2.45, 2.75) is 57.0 Å². The largest absolute Gasteiger partial charge is 0.515 e. The smallest absolute Gasteiger partial charge is 0.423 e. The molecule has 2 fully saturated rings. The zero-order valence-electron chi connectivity index (χ0n) is 19.2. The number of ether oxygens (including phenoxy) is 1. The quantitative estimate of drug-likeness (QED) is 0.327. The summed E-state index contributed by atoms with van der Waals surface area (Å²) in [4.78, 5) is 28.2. The average molecular weight is 484 g/mol. The van der Waals surface area contributed by atoms with Crippen molar-refractivity contribution in [3.63, 3.8) is 0 Å². The lowest BCUT2D eigenvalue weighted by molar-refractivity contribution is -0.871. The molecule has 6 nitrogen and oxygen atoms in total. The number of likely N-dealkylation sites (N-methyl/N-ethyl adjacent to an activating group) is 1. The predicted octanol–water partition coefficient (Wildman–Crippen LogP) is 4.40. The molecule has 2 amide bonds. The zero-order valence-corrected chi connectivity index (χ0v) is 20.7. The van der Waals surface area contributed by atoms with Gasteiger partial charge in [0.15, 0.2) is 6.54 Å². The summed E-state index contributed by atoms with van der Waals surface area (Å²) in [6, 6.07) is 5.89. The minimum Gasteiger partial charge on any atom is -0.423 e. The summed E-state index contributed by atoms with van der Waals surface area (Å²) in [5.41, 5.74) is 0.781. The number of hydrogen-bond donors (Lipinski definition) is 0. The van der Waals surface area contributed by atoms with E-state index in [2.05, 4.69) is 11.6 Å². The molecular weight excluding hydrogens is 449 g/mol. The van der Waals surface area contributed by atoms with Crippen molar-refractivity contribution in [2.24, 2.45) is 0 Å². The summed E-state index contributed by atoms with van der Waals surface area (Å²) < 4.78 is 6.83. The molecule has 32 heavy (non-hydrogen) atoms. The number of carbonyl (C=O) groups is 2. The van der Waals surface area contributed by atoms with Crippen LogP contribution in [0.1, 0.15) is 44.1 Å². The molecule has 1 saturated heterocycles. The summed E-state index contributed by atoms with van der Waals surface area (Å²) in [5, 5.41) is 0.882. The van der Waals surface area contributed by atoms with Crippen LogP contribution in [0, 0.1) is 0 Å².